The number of benzene rings is 2. The number of ether oxygens (including phenoxy) is 1. The van der Waals surface area contributed by atoms with Crippen molar-refractivity contribution in [2.45, 2.75) is 24.7 Å². The van der Waals surface area contributed by atoms with Crippen LogP contribution in [0.15, 0.2) is 54.6 Å². The summed E-state index contributed by atoms with van der Waals surface area (Å²) in [5.41, 5.74) is -1.03. The van der Waals surface area contributed by atoms with Gasteiger partial charge in [-0.15, -0.1) is 0 Å². The summed E-state index contributed by atoms with van der Waals surface area (Å²) < 4.78 is 48.3. The van der Waals surface area contributed by atoms with E-state index in [0.29, 0.717) is 16.6 Å². The van der Waals surface area contributed by atoms with Crippen molar-refractivity contribution in [1.29, 1.82) is 0 Å². The summed E-state index contributed by atoms with van der Waals surface area (Å²) in [7, 11) is 4.36. The number of pyridine rings is 1. The predicted octanol–water partition coefficient (Wildman–Crippen LogP) is 4.56. The van der Waals surface area contributed by atoms with Gasteiger partial charge in [0.05, 0.1) is 18.7 Å². The first-order valence-electron chi connectivity index (χ1n) is 9.76. The number of aliphatic hydroxyl groups is 1. The summed E-state index contributed by atoms with van der Waals surface area (Å²) >= 11 is 0. The van der Waals surface area contributed by atoms with Gasteiger partial charge < -0.3 is 20.1 Å². The molecule has 0 radical (unpaired) electrons. The van der Waals surface area contributed by atoms with E-state index in [1.807, 2.05) is 6.92 Å². The Balaban J connectivity index is 2.22. The molecule has 5 nitrogen and oxygen atoms in total. The number of methoxy groups -OCH3 is 1. The van der Waals surface area contributed by atoms with Crippen molar-refractivity contribution in [2.75, 3.05) is 33.1 Å². The molecule has 0 fully saturated rings. The van der Waals surface area contributed by atoms with Crippen LogP contribution in [0.25, 0.3) is 10.9 Å². The van der Waals surface area contributed by atoms with Crippen LogP contribution in [-0.2, 0) is 0 Å². The number of hydrogen-bond donors (Lipinski definition) is 2. The summed E-state index contributed by atoms with van der Waals surface area (Å²) in [5.74, 6) is 0.246. The van der Waals surface area contributed by atoms with E-state index in [2.05, 4.69) is 10.3 Å². The number of aromatic nitrogens is 1. The lowest BCUT2D eigenvalue weighted by atomic mass is 9.86. The number of rotatable bonds is 7. The maximum atomic E-state index is 14.3. The van der Waals surface area contributed by atoms with Gasteiger partial charge in [-0.1, -0.05) is 24.3 Å². The van der Waals surface area contributed by atoms with Crippen molar-refractivity contribution < 1.29 is 23.0 Å². The molecule has 0 bridgehead atoms. The second kappa shape index (κ2) is 8.72. The lowest BCUT2D eigenvalue weighted by molar-refractivity contribution is -0.270. The number of alkyl halides is 3. The van der Waals surface area contributed by atoms with Gasteiger partial charge in [0, 0.05) is 28.9 Å². The minimum absolute atomic E-state index is 0.198. The highest BCUT2D eigenvalue weighted by atomic mass is 19.4. The Morgan fingerprint density at radius 2 is 1.77 bits per heavy atom. The normalized spacial score (nSPS) is 15.0. The van der Waals surface area contributed by atoms with E-state index >= 15 is 0 Å². The maximum absolute atomic E-state index is 14.3. The first-order chi connectivity index (χ1) is 14.6. The Labute approximate surface area is 179 Å². The fraction of sp³-hybridized carbons (Fsp3) is 0.348. The number of nitrogens with zero attached hydrogens (tertiary/aromatic N) is 2. The lowest BCUT2D eigenvalue weighted by Gasteiger charge is -2.40. The fourth-order valence-electron chi connectivity index (χ4n) is 3.72. The summed E-state index contributed by atoms with van der Waals surface area (Å²) in [5, 5.41) is 14.8. The SMILES string of the molecule is COc1ccccc1C(Nc1cccc2nc(C)ccc12)C(O)(CN(C)C)C(F)(F)F. The highest BCUT2D eigenvalue weighted by Crippen LogP contribution is 2.45. The smallest absolute Gasteiger partial charge is 0.420 e. The summed E-state index contributed by atoms with van der Waals surface area (Å²) in [4.78, 5) is 5.76. The average Bonchev–Trinajstić information content (AvgIpc) is 2.70. The molecule has 0 saturated carbocycles. The van der Waals surface area contributed by atoms with Gasteiger partial charge in [-0.25, -0.2) is 0 Å². The molecule has 2 atom stereocenters. The molecule has 2 aromatic carbocycles. The number of hydrogen-bond acceptors (Lipinski definition) is 5. The van der Waals surface area contributed by atoms with E-state index in [-0.39, 0.29) is 11.3 Å². The molecule has 0 spiro atoms. The van der Waals surface area contributed by atoms with Crippen LogP contribution in [-0.4, -0.2) is 54.5 Å². The monoisotopic (exact) mass is 433 g/mol. The van der Waals surface area contributed by atoms with E-state index in [1.54, 1.807) is 48.5 Å². The van der Waals surface area contributed by atoms with Crippen LogP contribution >= 0.6 is 0 Å². The fourth-order valence-corrected chi connectivity index (χ4v) is 3.72. The third kappa shape index (κ3) is 4.60. The standard InChI is InChI=1S/C23H26F3N3O2/c1-15-12-13-16-18(27-15)9-7-10-19(16)28-21(17-8-5-6-11-20(17)31-4)22(30,14-29(2)3)23(24,25)26/h5-13,21,28,30H,14H2,1-4H3. The highest BCUT2D eigenvalue weighted by Gasteiger charge is 2.60. The van der Waals surface area contributed by atoms with E-state index in [9.17, 15) is 18.3 Å². The second-order valence-corrected chi connectivity index (χ2v) is 7.80. The van der Waals surface area contributed by atoms with Crippen LogP contribution in [0.1, 0.15) is 17.3 Å². The minimum Gasteiger partial charge on any atom is -0.496 e. The van der Waals surface area contributed by atoms with Crippen molar-refractivity contribution in [2.24, 2.45) is 0 Å². The van der Waals surface area contributed by atoms with Crippen LogP contribution in [0.5, 0.6) is 5.75 Å². The number of para-hydroxylation sites is 1. The molecule has 31 heavy (non-hydrogen) atoms. The first-order valence-corrected chi connectivity index (χ1v) is 9.76. The van der Waals surface area contributed by atoms with Gasteiger partial charge >= 0.3 is 6.18 Å². The van der Waals surface area contributed by atoms with Crippen LogP contribution in [0.2, 0.25) is 0 Å². The number of halogens is 3. The third-order valence-corrected chi connectivity index (χ3v) is 5.15. The lowest BCUT2D eigenvalue weighted by Crippen LogP contribution is -2.58. The zero-order valence-electron chi connectivity index (χ0n) is 17.9. The molecule has 1 heterocycles. The molecule has 166 valence electrons. The zero-order valence-corrected chi connectivity index (χ0v) is 17.9. The molecule has 8 heteroatoms. The molecule has 0 amide bonds. The maximum Gasteiger partial charge on any atom is 0.420 e. The van der Waals surface area contributed by atoms with E-state index in [4.69, 9.17) is 4.74 Å². The van der Waals surface area contributed by atoms with E-state index in [1.165, 1.54) is 32.2 Å². The van der Waals surface area contributed by atoms with Crippen molar-refractivity contribution in [3.05, 3.63) is 65.9 Å². The van der Waals surface area contributed by atoms with Crippen LogP contribution in [0.4, 0.5) is 18.9 Å². The van der Waals surface area contributed by atoms with Crippen molar-refractivity contribution in [1.82, 2.24) is 9.88 Å². The Kier molecular flexibility index (Phi) is 6.43. The van der Waals surface area contributed by atoms with Gasteiger partial charge in [0.2, 0.25) is 0 Å². The van der Waals surface area contributed by atoms with Gasteiger partial charge in [0.15, 0.2) is 5.60 Å². The molecule has 0 aliphatic rings. The molecule has 0 aliphatic carbocycles. The second-order valence-electron chi connectivity index (χ2n) is 7.80. The van der Waals surface area contributed by atoms with Crippen molar-refractivity contribution >= 4 is 16.6 Å². The minimum atomic E-state index is -4.92. The summed E-state index contributed by atoms with van der Waals surface area (Å²) in [6, 6.07) is 13.6. The van der Waals surface area contributed by atoms with Gasteiger partial charge in [0.1, 0.15) is 5.75 Å². The van der Waals surface area contributed by atoms with Gasteiger partial charge in [-0.3, -0.25) is 4.98 Å². The average molecular weight is 433 g/mol. The Morgan fingerprint density at radius 3 is 2.42 bits per heavy atom. The van der Waals surface area contributed by atoms with E-state index < -0.39 is 24.4 Å². The van der Waals surface area contributed by atoms with E-state index in [0.717, 1.165) is 5.69 Å². The largest absolute Gasteiger partial charge is 0.496 e. The molecular formula is C23H26F3N3O2. The topological polar surface area (TPSA) is 57.6 Å². The molecule has 0 aliphatic heterocycles. The Hall–Kier alpha value is -2.84. The first kappa shape index (κ1) is 22.8. The van der Waals surface area contributed by atoms with Crippen LogP contribution < -0.4 is 10.1 Å². The molecule has 0 saturated heterocycles. The molecule has 3 aromatic rings. The Morgan fingerprint density at radius 1 is 1.06 bits per heavy atom. The summed E-state index contributed by atoms with van der Waals surface area (Å²) in [6.45, 7) is 1.20. The number of fused-ring (bicyclic) bond motifs is 1. The van der Waals surface area contributed by atoms with Gasteiger partial charge in [-0.05, 0) is 51.4 Å². The Bertz CT molecular complexity index is 1060. The van der Waals surface area contributed by atoms with Crippen LogP contribution in [0, 0.1) is 6.92 Å². The van der Waals surface area contributed by atoms with Gasteiger partial charge in [-0.2, -0.15) is 13.2 Å². The van der Waals surface area contributed by atoms with Gasteiger partial charge in [0.25, 0.3) is 0 Å². The molecule has 3 rings (SSSR count). The molecule has 1 aromatic heterocycles. The number of anilines is 1. The number of likely N-dealkylation sites (N-methyl/N-ethyl adjacent to an activating group) is 1. The molecule has 2 N–H and O–H groups in total. The number of nitrogens with one attached hydrogen (secondary N) is 1. The predicted molar refractivity (Wildman–Crippen MR) is 115 cm³/mol. The zero-order chi connectivity index (χ0) is 22.8. The number of aryl methyl sites for hydroxylation is 1. The molecular weight excluding hydrogens is 407 g/mol. The van der Waals surface area contributed by atoms with Crippen molar-refractivity contribution in [3.8, 4) is 5.75 Å². The van der Waals surface area contributed by atoms with Crippen molar-refractivity contribution in [3.63, 3.8) is 0 Å². The summed E-state index contributed by atoms with van der Waals surface area (Å²) in [6.07, 6.45) is -4.92. The molecule has 2 unspecified atom stereocenters. The van der Waals surface area contributed by atoms with Crippen LogP contribution in [0.3, 0.4) is 0 Å². The highest BCUT2D eigenvalue weighted by molar-refractivity contribution is 5.91. The quantitative estimate of drug-likeness (QED) is 0.572. The third-order valence-electron chi connectivity index (χ3n) is 5.15.